The van der Waals surface area contributed by atoms with Gasteiger partial charge in [0.2, 0.25) is 0 Å². The Hall–Kier alpha value is -1.71. The first-order valence-corrected chi connectivity index (χ1v) is 5.89. The van der Waals surface area contributed by atoms with E-state index in [2.05, 4.69) is 18.7 Å². The van der Waals surface area contributed by atoms with Crippen molar-refractivity contribution in [2.75, 3.05) is 17.2 Å². The number of carbonyl (C=O) groups is 1. The van der Waals surface area contributed by atoms with Gasteiger partial charge in [-0.3, -0.25) is 4.79 Å². The molecule has 0 aromatic heterocycles. The summed E-state index contributed by atoms with van der Waals surface area (Å²) in [6, 6.07) is 5.32. The number of para-hydroxylation sites is 1. The first-order valence-electron chi connectivity index (χ1n) is 5.89. The van der Waals surface area contributed by atoms with Crippen LogP contribution in [0.4, 0.5) is 11.4 Å². The highest BCUT2D eigenvalue weighted by Crippen LogP contribution is 2.38. The van der Waals surface area contributed by atoms with Gasteiger partial charge in [-0.2, -0.15) is 0 Å². The maximum atomic E-state index is 11.5. The summed E-state index contributed by atoms with van der Waals surface area (Å²) in [6.45, 7) is 5.25. The average molecular weight is 233 g/mol. The maximum Gasteiger partial charge on any atom is 0.250 e. The van der Waals surface area contributed by atoms with Gasteiger partial charge in [0.1, 0.15) is 0 Å². The van der Waals surface area contributed by atoms with Crippen molar-refractivity contribution in [3.05, 3.63) is 23.8 Å². The minimum atomic E-state index is -0.421. The highest BCUT2D eigenvalue weighted by Gasteiger charge is 2.34. The summed E-state index contributed by atoms with van der Waals surface area (Å²) in [7, 11) is 0. The van der Waals surface area contributed by atoms with Gasteiger partial charge in [-0.1, -0.05) is 6.07 Å². The van der Waals surface area contributed by atoms with Crippen molar-refractivity contribution in [3.63, 3.8) is 0 Å². The number of anilines is 2. The van der Waals surface area contributed by atoms with Gasteiger partial charge in [-0.25, -0.2) is 0 Å². The molecule has 1 heterocycles. The summed E-state index contributed by atoms with van der Waals surface area (Å²) in [5.74, 6) is -0.421. The van der Waals surface area contributed by atoms with Crippen molar-refractivity contribution in [1.82, 2.24) is 0 Å². The van der Waals surface area contributed by atoms with Crippen molar-refractivity contribution in [1.29, 1.82) is 0 Å². The number of nitrogens with two attached hydrogens (primary N) is 2. The molecule has 0 spiro atoms. The third kappa shape index (κ3) is 1.95. The Kier molecular flexibility index (Phi) is 2.73. The Morgan fingerprint density at radius 1 is 1.41 bits per heavy atom. The lowest BCUT2D eigenvalue weighted by atomic mass is 10.00. The molecule has 1 saturated heterocycles. The SMILES string of the molecule is CC1(C)CCCN1c1c(N)cccc1C(N)=O. The van der Waals surface area contributed by atoms with Crippen molar-refractivity contribution in [2.45, 2.75) is 32.2 Å². The molecule has 4 nitrogen and oxygen atoms in total. The van der Waals surface area contributed by atoms with E-state index in [1.165, 1.54) is 0 Å². The Morgan fingerprint density at radius 2 is 2.12 bits per heavy atom. The third-order valence-electron chi connectivity index (χ3n) is 3.50. The van der Waals surface area contributed by atoms with E-state index in [-0.39, 0.29) is 5.54 Å². The van der Waals surface area contributed by atoms with E-state index in [1.54, 1.807) is 12.1 Å². The van der Waals surface area contributed by atoms with E-state index in [0.29, 0.717) is 11.3 Å². The van der Waals surface area contributed by atoms with Crippen LogP contribution in [0.15, 0.2) is 18.2 Å². The zero-order valence-electron chi connectivity index (χ0n) is 10.4. The number of rotatable bonds is 2. The van der Waals surface area contributed by atoms with Gasteiger partial charge in [-0.05, 0) is 38.8 Å². The van der Waals surface area contributed by atoms with Crippen LogP contribution >= 0.6 is 0 Å². The number of amides is 1. The second kappa shape index (κ2) is 3.95. The van der Waals surface area contributed by atoms with Gasteiger partial charge in [0.25, 0.3) is 5.91 Å². The number of carbonyl (C=O) groups excluding carboxylic acids is 1. The molecule has 4 heteroatoms. The lowest BCUT2D eigenvalue weighted by molar-refractivity contribution is 0.100. The first kappa shape index (κ1) is 11.8. The molecular formula is C13H19N3O. The van der Waals surface area contributed by atoms with Crippen LogP contribution in [0.5, 0.6) is 0 Å². The van der Waals surface area contributed by atoms with E-state index >= 15 is 0 Å². The predicted octanol–water partition coefficient (Wildman–Crippen LogP) is 1.75. The second-order valence-electron chi connectivity index (χ2n) is 5.18. The number of nitrogen functional groups attached to an aromatic ring is 1. The van der Waals surface area contributed by atoms with Crippen LogP contribution in [0.2, 0.25) is 0 Å². The highest BCUT2D eigenvalue weighted by molar-refractivity contribution is 6.01. The standard InChI is InChI=1S/C13H19N3O/c1-13(2)7-4-8-16(13)11-9(12(15)17)5-3-6-10(11)14/h3,5-6H,4,7-8,14H2,1-2H3,(H2,15,17). The predicted molar refractivity (Wildman–Crippen MR) is 70.0 cm³/mol. The van der Waals surface area contributed by atoms with Crippen LogP contribution in [0.1, 0.15) is 37.0 Å². The van der Waals surface area contributed by atoms with E-state index < -0.39 is 5.91 Å². The third-order valence-corrected chi connectivity index (χ3v) is 3.50. The Morgan fingerprint density at radius 3 is 2.65 bits per heavy atom. The highest BCUT2D eigenvalue weighted by atomic mass is 16.1. The molecule has 1 aromatic rings. The molecule has 0 unspecified atom stereocenters. The molecule has 4 N–H and O–H groups in total. The molecule has 92 valence electrons. The van der Waals surface area contributed by atoms with Crippen molar-refractivity contribution in [2.24, 2.45) is 5.73 Å². The quantitative estimate of drug-likeness (QED) is 0.764. The summed E-state index contributed by atoms with van der Waals surface area (Å²) in [4.78, 5) is 13.7. The van der Waals surface area contributed by atoms with E-state index in [4.69, 9.17) is 11.5 Å². The number of nitrogens with zero attached hydrogens (tertiary/aromatic N) is 1. The fourth-order valence-corrected chi connectivity index (χ4v) is 2.58. The fourth-order valence-electron chi connectivity index (χ4n) is 2.58. The van der Waals surface area contributed by atoms with Crippen molar-refractivity contribution in [3.8, 4) is 0 Å². The number of hydrogen-bond donors (Lipinski definition) is 2. The Bertz CT molecular complexity index is 454. The molecule has 1 aromatic carbocycles. The zero-order chi connectivity index (χ0) is 12.6. The summed E-state index contributed by atoms with van der Waals surface area (Å²) < 4.78 is 0. The minimum Gasteiger partial charge on any atom is -0.397 e. The fraction of sp³-hybridized carbons (Fsp3) is 0.462. The smallest absolute Gasteiger partial charge is 0.250 e. The number of hydrogen-bond acceptors (Lipinski definition) is 3. The van der Waals surface area contributed by atoms with Gasteiger partial charge in [0.05, 0.1) is 16.9 Å². The van der Waals surface area contributed by atoms with Gasteiger partial charge >= 0.3 is 0 Å². The van der Waals surface area contributed by atoms with Crippen molar-refractivity contribution >= 4 is 17.3 Å². The van der Waals surface area contributed by atoms with Gasteiger partial charge in [0.15, 0.2) is 0 Å². The normalized spacial score (nSPS) is 18.4. The van der Waals surface area contributed by atoms with Gasteiger partial charge < -0.3 is 16.4 Å². The lowest BCUT2D eigenvalue weighted by Crippen LogP contribution is -2.39. The molecule has 2 rings (SSSR count). The monoisotopic (exact) mass is 233 g/mol. The second-order valence-corrected chi connectivity index (χ2v) is 5.18. The summed E-state index contributed by atoms with van der Waals surface area (Å²) in [5, 5.41) is 0. The maximum absolute atomic E-state index is 11.5. The summed E-state index contributed by atoms with van der Waals surface area (Å²) in [5.41, 5.74) is 13.4. The molecule has 1 aliphatic heterocycles. The molecule has 0 aliphatic carbocycles. The number of primary amides is 1. The first-order chi connectivity index (χ1) is 7.93. The summed E-state index contributed by atoms with van der Waals surface area (Å²) >= 11 is 0. The lowest BCUT2D eigenvalue weighted by Gasteiger charge is -2.35. The zero-order valence-corrected chi connectivity index (χ0v) is 10.4. The van der Waals surface area contributed by atoms with E-state index in [0.717, 1.165) is 25.1 Å². The molecule has 0 bridgehead atoms. The van der Waals surface area contributed by atoms with Crippen molar-refractivity contribution < 1.29 is 4.79 Å². The molecule has 1 amide bonds. The minimum absolute atomic E-state index is 0.0275. The van der Waals surface area contributed by atoms with Crippen LogP contribution in [-0.2, 0) is 0 Å². The topological polar surface area (TPSA) is 72.3 Å². The molecule has 1 fully saturated rings. The van der Waals surface area contributed by atoms with Crippen LogP contribution in [-0.4, -0.2) is 18.0 Å². The Labute approximate surface area is 102 Å². The largest absolute Gasteiger partial charge is 0.397 e. The van der Waals surface area contributed by atoms with Crippen LogP contribution in [0.25, 0.3) is 0 Å². The Balaban J connectivity index is 2.54. The van der Waals surface area contributed by atoms with Crippen LogP contribution < -0.4 is 16.4 Å². The van der Waals surface area contributed by atoms with Crippen LogP contribution in [0, 0.1) is 0 Å². The molecule has 1 aliphatic rings. The molecule has 0 atom stereocenters. The molecule has 0 saturated carbocycles. The molecule has 0 radical (unpaired) electrons. The number of benzene rings is 1. The van der Waals surface area contributed by atoms with E-state index in [1.807, 2.05) is 6.07 Å². The van der Waals surface area contributed by atoms with E-state index in [9.17, 15) is 4.79 Å². The van der Waals surface area contributed by atoms with Gasteiger partial charge in [0, 0.05) is 12.1 Å². The van der Waals surface area contributed by atoms with Gasteiger partial charge in [-0.15, -0.1) is 0 Å². The summed E-state index contributed by atoms with van der Waals surface area (Å²) in [6.07, 6.45) is 2.21. The van der Waals surface area contributed by atoms with Crippen LogP contribution in [0.3, 0.4) is 0 Å². The molecular weight excluding hydrogens is 214 g/mol. The molecule has 17 heavy (non-hydrogen) atoms. The average Bonchev–Trinajstić information content (AvgIpc) is 2.57.